The minimum absolute atomic E-state index is 0.0559. The number of rotatable bonds is 7. The van der Waals surface area contributed by atoms with Gasteiger partial charge in [-0.15, -0.1) is 0 Å². The smallest absolute Gasteiger partial charge is 0.344 e. The Bertz CT molecular complexity index is 1540. The Morgan fingerprint density at radius 3 is 2.32 bits per heavy atom. The van der Waals surface area contributed by atoms with Gasteiger partial charge in [0.2, 0.25) is 10.0 Å². The van der Waals surface area contributed by atoms with Crippen LogP contribution in [0, 0.1) is 6.92 Å². The summed E-state index contributed by atoms with van der Waals surface area (Å²) in [5.41, 5.74) is 0.601. The molecule has 8 nitrogen and oxygen atoms in total. The summed E-state index contributed by atoms with van der Waals surface area (Å²) in [6.45, 7) is 3.52. The highest BCUT2D eigenvalue weighted by Gasteiger charge is 2.26. The number of hydrogen-bond donors (Lipinski definition) is 1. The van der Waals surface area contributed by atoms with Gasteiger partial charge in [-0.2, -0.15) is 4.72 Å². The lowest BCUT2D eigenvalue weighted by Gasteiger charge is -2.16. The van der Waals surface area contributed by atoms with Crippen LogP contribution in [0.15, 0.2) is 74.8 Å². The molecular formula is C25H23NO7S. The number of carbonyl (C=O) groups is 1. The van der Waals surface area contributed by atoms with Gasteiger partial charge in [0.05, 0.1) is 17.4 Å². The number of nitrogens with one attached hydrogen (secondary N) is 1. The second kappa shape index (κ2) is 9.28. The highest BCUT2D eigenvalue weighted by atomic mass is 32.2. The zero-order valence-electron chi connectivity index (χ0n) is 18.8. The number of ether oxygens (including phenoxy) is 2. The molecule has 0 radical (unpaired) electrons. The van der Waals surface area contributed by atoms with E-state index in [9.17, 15) is 18.0 Å². The van der Waals surface area contributed by atoms with Crippen molar-refractivity contribution in [1.29, 1.82) is 0 Å². The summed E-state index contributed by atoms with van der Waals surface area (Å²) in [5, 5.41) is 1.69. The van der Waals surface area contributed by atoms with E-state index in [0.717, 1.165) is 5.56 Å². The molecule has 9 heteroatoms. The molecule has 0 saturated carbocycles. The summed E-state index contributed by atoms with van der Waals surface area (Å²) >= 11 is 0. The predicted molar refractivity (Wildman–Crippen MR) is 128 cm³/mol. The van der Waals surface area contributed by atoms with Gasteiger partial charge in [0.25, 0.3) is 0 Å². The third-order valence-corrected chi connectivity index (χ3v) is 6.92. The molecule has 3 aromatic carbocycles. The molecule has 0 aliphatic heterocycles. The predicted octanol–water partition coefficient (Wildman–Crippen LogP) is 3.93. The Morgan fingerprint density at radius 2 is 1.65 bits per heavy atom. The number of aryl methyl sites for hydroxylation is 1. The van der Waals surface area contributed by atoms with Gasteiger partial charge < -0.3 is 13.9 Å². The van der Waals surface area contributed by atoms with Crippen LogP contribution in [0.5, 0.6) is 11.5 Å². The van der Waals surface area contributed by atoms with Gasteiger partial charge in [0.15, 0.2) is 0 Å². The van der Waals surface area contributed by atoms with Crippen molar-refractivity contribution < 1.29 is 27.1 Å². The summed E-state index contributed by atoms with van der Waals surface area (Å²) < 4.78 is 43.7. The monoisotopic (exact) mass is 481 g/mol. The largest absolute Gasteiger partial charge is 0.497 e. The molecule has 0 fully saturated rings. The van der Waals surface area contributed by atoms with Crippen LogP contribution in [0.1, 0.15) is 18.9 Å². The first-order valence-corrected chi connectivity index (χ1v) is 12.1. The Kier molecular flexibility index (Phi) is 6.41. The average Bonchev–Trinajstić information content (AvgIpc) is 2.82. The van der Waals surface area contributed by atoms with Gasteiger partial charge in [-0.25, -0.2) is 18.0 Å². The van der Waals surface area contributed by atoms with Crippen molar-refractivity contribution in [2.45, 2.75) is 31.2 Å². The van der Waals surface area contributed by atoms with Crippen LogP contribution in [0.2, 0.25) is 0 Å². The molecule has 4 aromatic rings. The number of sulfonamides is 1. The van der Waals surface area contributed by atoms with E-state index >= 15 is 0 Å². The standard InChI is InChI=1S/C25H23NO7S/c1-4-22(26-34(29,30)18-9-5-15(2)6-10-18)25(28)32-17-8-12-20-19-11-7-16(31-3)13-21(19)24(27)33-23(20)14-17/h5-14,22,26H,4H2,1-3H3/t22-/m0/s1. The maximum absolute atomic E-state index is 12.7. The highest BCUT2D eigenvalue weighted by molar-refractivity contribution is 7.89. The first-order valence-electron chi connectivity index (χ1n) is 10.6. The van der Waals surface area contributed by atoms with Crippen LogP contribution in [-0.2, 0) is 14.8 Å². The van der Waals surface area contributed by atoms with Gasteiger partial charge in [0.1, 0.15) is 23.1 Å². The van der Waals surface area contributed by atoms with Crippen molar-refractivity contribution in [3.05, 3.63) is 76.6 Å². The molecule has 0 spiro atoms. The van der Waals surface area contributed by atoms with E-state index in [1.54, 1.807) is 49.4 Å². The van der Waals surface area contributed by atoms with Crippen molar-refractivity contribution in [1.82, 2.24) is 4.72 Å². The van der Waals surface area contributed by atoms with E-state index in [0.29, 0.717) is 21.9 Å². The molecule has 1 heterocycles. The number of benzene rings is 3. The van der Waals surface area contributed by atoms with Gasteiger partial charge in [-0.1, -0.05) is 24.6 Å². The van der Waals surface area contributed by atoms with E-state index in [1.807, 2.05) is 6.92 Å². The Morgan fingerprint density at radius 1 is 0.971 bits per heavy atom. The third-order valence-electron chi connectivity index (χ3n) is 5.43. The van der Waals surface area contributed by atoms with Crippen LogP contribution in [0.3, 0.4) is 0 Å². The van der Waals surface area contributed by atoms with Crippen LogP contribution in [-0.4, -0.2) is 27.5 Å². The van der Waals surface area contributed by atoms with Gasteiger partial charge in [0, 0.05) is 16.8 Å². The first-order chi connectivity index (χ1) is 16.2. The zero-order chi connectivity index (χ0) is 24.5. The fourth-order valence-corrected chi connectivity index (χ4v) is 4.81. The third kappa shape index (κ3) is 4.66. The molecule has 0 saturated heterocycles. The van der Waals surface area contributed by atoms with Crippen LogP contribution in [0.25, 0.3) is 21.7 Å². The maximum atomic E-state index is 12.7. The van der Waals surface area contributed by atoms with Crippen molar-refractivity contribution in [3.8, 4) is 11.5 Å². The molecule has 1 aromatic heterocycles. The lowest BCUT2D eigenvalue weighted by atomic mass is 10.1. The van der Waals surface area contributed by atoms with Crippen LogP contribution in [0.4, 0.5) is 0 Å². The average molecular weight is 482 g/mol. The molecule has 4 rings (SSSR count). The summed E-state index contributed by atoms with van der Waals surface area (Å²) in [6, 6.07) is 15.0. The summed E-state index contributed by atoms with van der Waals surface area (Å²) in [7, 11) is -2.41. The minimum atomic E-state index is -3.92. The molecule has 1 atom stereocenters. The maximum Gasteiger partial charge on any atom is 0.344 e. The Balaban J connectivity index is 1.59. The van der Waals surface area contributed by atoms with E-state index in [-0.39, 0.29) is 22.6 Å². The molecule has 0 bridgehead atoms. The number of fused-ring (bicyclic) bond motifs is 3. The summed E-state index contributed by atoms with van der Waals surface area (Å²) in [6.07, 6.45) is 0.180. The molecule has 176 valence electrons. The van der Waals surface area contributed by atoms with Crippen molar-refractivity contribution in [2.24, 2.45) is 0 Å². The van der Waals surface area contributed by atoms with E-state index in [1.165, 1.54) is 25.3 Å². The molecule has 0 aliphatic carbocycles. The van der Waals surface area contributed by atoms with E-state index in [2.05, 4.69) is 4.72 Å². The summed E-state index contributed by atoms with van der Waals surface area (Å²) in [5.74, 6) is -0.115. The second-order valence-corrected chi connectivity index (χ2v) is 9.49. The molecule has 0 aliphatic rings. The SMILES string of the molecule is CC[C@H](NS(=O)(=O)c1ccc(C)cc1)C(=O)Oc1ccc2c(c1)oc(=O)c1cc(OC)ccc12. The fraction of sp³-hybridized carbons (Fsp3) is 0.200. The van der Waals surface area contributed by atoms with Gasteiger partial charge >= 0.3 is 11.6 Å². The lowest BCUT2D eigenvalue weighted by molar-refractivity contribution is -0.136. The molecule has 34 heavy (non-hydrogen) atoms. The van der Waals surface area contributed by atoms with Gasteiger partial charge in [-0.3, -0.25) is 0 Å². The summed E-state index contributed by atoms with van der Waals surface area (Å²) in [4.78, 5) is 25.2. The topological polar surface area (TPSA) is 112 Å². The van der Waals surface area contributed by atoms with Gasteiger partial charge in [-0.05, 0) is 55.8 Å². The van der Waals surface area contributed by atoms with Crippen molar-refractivity contribution in [3.63, 3.8) is 0 Å². The van der Waals surface area contributed by atoms with Crippen LogP contribution < -0.4 is 19.8 Å². The molecule has 0 unspecified atom stereocenters. The van der Waals surface area contributed by atoms with Crippen molar-refractivity contribution in [2.75, 3.05) is 7.11 Å². The van der Waals surface area contributed by atoms with Crippen molar-refractivity contribution >= 4 is 37.7 Å². The van der Waals surface area contributed by atoms with E-state index < -0.39 is 27.7 Å². The Labute approximate surface area is 196 Å². The fourth-order valence-electron chi connectivity index (χ4n) is 3.54. The minimum Gasteiger partial charge on any atom is -0.497 e. The number of carbonyl (C=O) groups excluding carboxylic acids is 1. The molecular weight excluding hydrogens is 458 g/mol. The normalized spacial score (nSPS) is 12.6. The van der Waals surface area contributed by atoms with Crippen LogP contribution >= 0.6 is 0 Å². The molecule has 1 N–H and O–H groups in total. The second-order valence-electron chi connectivity index (χ2n) is 7.78. The first kappa shape index (κ1) is 23.5. The highest BCUT2D eigenvalue weighted by Crippen LogP contribution is 2.28. The van der Waals surface area contributed by atoms with E-state index in [4.69, 9.17) is 13.9 Å². The molecule has 0 amide bonds. The quantitative estimate of drug-likeness (QED) is 0.184. The number of hydrogen-bond acceptors (Lipinski definition) is 7. The Hall–Kier alpha value is -3.69. The number of esters is 1. The zero-order valence-corrected chi connectivity index (χ0v) is 19.6. The number of methoxy groups -OCH3 is 1. The lowest BCUT2D eigenvalue weighted by Crippen LogP contribution is -2.42.